The number of nitrogens with zero attached hydrogens (tertiary/aromatic N) is 1. The zero-order valence-corrected chi connectivity index (χ0v) is 11.6. The van der Waals surface area contributed by atoms with E-state index in [-0.39, 0.29) is 0 Å². The van der Waals surface area contributed by atoms with Crippen LogP contribution in [0.5, 0.6) is 0 Å². The number of hydrogen-bond acceptors (Lipinski definition) is 2. The predicted molar refractivity (Wildman–Crippen MR) is 87.5 cm³/mol. The molecule has 0 N–H and O–H groups in total. The lowest BCUT2D eigenvalue weighted by molar-refractivity contribution is 1.17. The number of benzene rings is 2. The summed E-state index contributed by atoms with van der Waals surface area (Å²) in [7, 11) is 0. The quantitative estimate of drug-likeness (QED) is 0.773. The van der Waals surface area contributed by atoms with Crippen LogP contribution in [0, 0.1) is 0 Å². The van der Waals surface area contributed by atoms with Crippen LogP contribution in [0.15, 0.2) is 65.7 Å². The van der Waals surface area contributed by atoms with E-state index < -0.39 is 0 Å². The molecule has 0 aliphatic carbocycles. The van der Waals surface area contributed by atoms with Gasteiger partial charge >= 0.3 is 0 Å². The zero-order chi connectivity index (χ0) is 12.9. The molecule has 0 radical (unpaired) electrons. The van der Waals surface area contributed by atoms with Gasteiger partial charge < -0.3 is 0 Å². The van der Waals surface area contributed by atoms with E-state index >= 15 is 0 Å². The van der Waals surface area contributed by atoms with Crippen LogP contribution in [0.4, 0.5) is 0 Å². The van der Waals surface area contributed by atoms with Crippen LogP contribution in [0.25, 0.3) is 0 Å². The van der Waals surface area contributed by atoms with E-state index in [9.17, 15) is 0 Å². The van der Waals surface area contributed by atoms with Crippen molar-refractivity contribution in [3.8, 4) is 0 Å². The molecule has 2 aromatic rings. The number of rotatable bonds is 4. The Kier molecular flexibility index (Phi) is 4.04. The van der Waals surface area contributed by atoms with Gasteiger partial charge in [-0.2, -0.15) is 0 Å². The van der Waals surface area contributed by atoms with Crippen molar-refractivity contribution in [3.05, 3.63) is 60.7 Å². The summed E-state index contributed by atoms with van der Waals surface area (Å²) in [6.07, 6.45) is 1.03. The van der Waals surface area contributed by atoms with Crippen LogP contribution in [0.2, 0.25) is 6.32 Å². The fourth-order valence-corrected chi connectivity index (χ4v) is 3.36. The highest BCUT2D eigenvalue weighted by molar-refractivity contribution is 8.14. The molecule has 1 aliphatic rings. The van der Waals surface area contributed by atoms with Crippen molar-refractivity contribution in [2.45, 2.75) is 6.32 Å². The topological polar surface area (TPSA) is 12.4 Å². The van der Waals surface area contributed by atoms with Crippen LogP contribution in [0.1, 0.15) is 0 Å². The molecule has 0 aromatic heterocycles. The van der Waals surface area contributed by atoms with Crippen LogP contribution in [-0.2, 0) is 0 Å². The van der Waals surface area contributed by atoms with Crippen LogP contribution < -0.4 is 10.9 Å². The molecule has 94 valence electrons. The number of aliphatic imine (C=N–C) groups is 1. The highest BCUT2D eigenvalue weighted by Gasteiger charge is 2.22. The first-order chi connectivity index (χ1) is 9.43. The molecule has 1 heterocycles. The number of thioether (sulfide) groups is 1. The minimum absolute atomic E-state index is 0.423. The first-order valence-electron chi connectivity index (χ1n) is 6.69. The Morgan fingerprint density at radius 1 is 0.895 bits per heavy atom. The third kappa shape index (κ3) is 3.10. The fourth-order valence-electron chi connectivity index (χ4n) is 2.48. The second kappa shape index (κ2) is 6.11. The summed E-state index contributed by atoms with van der Waals surface area (Å²) in [4.78, 5) is 4.61. The second-order valence-electron chi connectivity index (χ2n) is 4.70. The Morgan fingerprint density at radius 3 is 1.95 bits per heavy atom. The Morgan fingerprint density at radius 2 is 1.47 bits per heavy atom. The Hall–Kier alpha value is -1.48. The average molecular weight is 265 g/mol. The molecule has 3 heteroatoms. The summed E-state index contributed by atoms with van der Waals surface area (Å²) in [6, 6.07) is 21.5. The van der Waals surface area contributed by atoms with E-state index in [1.807, 2.05) is 11.8 Å². The molecule has 0 saturated carbocycles. The summed E-state index contributed by atoms with van der Waals surface area (Å²) >= 11 is 1.91. The summed E-state index contributed by atoms with van der Waals surface area (Å²) < 4.78 is 0. The highest BCUT2D eigenvalue weighted by atomic mass is 32.2. The largest absolute Gasteiger partial charge is 0.283 e. The van der Waals surface area contributed by atoms with E-state index in [2.05, 4.69) is 65.7 Å². The Labute approximate surface area is 119 Å². The van der Waals surface area contributed by atoms with Gasteiger partial charge in [-0.25, -0.2) is 0 Å². The summed E-state index contributed by atoms with van der Waals surface area (Å²) in [6.45, 7) is 1.41. The lowest BCUT2D eigenvalue weighted by Gasteiger charge is -2.14. The summed E-state index contributed by atoms with van der Waals surface area (Å²) in [5, 5.41) is 1.30. The van der Waals surface area contributed by atoms with E-state index in [0.29, 0.717) is 6.71 Å². The lowest BCUT2D eigenvalue weighted by Crippen LogP contribution is -2.43. The van der Waals surface area contributed by atoms with Gasteiger partial charge in [-0.3, -0.25) is 4.99 Å². The van der Waals surface area contributed by atoms with Gasteiger partial charge in [0.15, 0.2) is 0 Å². The molecule has 0 atom stereocenters. The fraction of sp³-hybridized carbons (Fsp3) is 0.188. The van der Waals surface area contributed by atoms with Gasteiger partial charge in [-0.15, -0.1) is 11.8 Å². The Bertz CT molecular complexity index is 514. The molecule has 0 saturated heterocycles. The zero-order valence-electron chi connectivity index (χ0n) is 10.8. The van der Waals surface area contributed by atoms with Crippen molar-refractivity contribution in [3.63, 3.8) is 0 Å². The molecule has 0 amide bonds. The minimum atomic E-state index is 0.423. The lowest BCUT2D eigenvalue weighted by atomic mass is 9.39. The molecule has 19 heavy (non-hydrogen) atoms. The molecule has 3 rings (SSSR count). The highest BCUT2D eigenvalue weighted by Crippen LogP contribution is 2.16. The molecular formula is C16H16BNS. The molecule has 0 spiro atoms. The van der Waals surface area contributed by atoms with Gasteiger partial charge in [0.25, 0.3) is 0 Å². The molecule has 0 unspecified atom stereocenters. The van der Waals surface area contributed by atoms with Crippen LogP contribution in [-0.4, -0.2) is 24.1 Å². The van der Waals surface area contributed by atoms with Crippen LogP contribution >= 0.6 is 11.8 Å². The maximum Gasteiger partial charge on any atom is 0.215 e. The van der Waals surface area contributed by atoms with E-state index in [1.165, 1.54) is 16.0 Å². The predicted octanol–water partition coefficient (Wildman–Crippen LogP) is 2.44. The Balaban J connectivity index is 1.91. The van der Waals surface area contributed by atoms with Crippen molar-refractivity contribution < 1.29 is 0 Å². The van der Waals surface area contributed by atoms with Crippen molar-refractivity contribution in [1.29, 1.82) is 0 Å². The molecule has 0 fully saturated rings. The second-order valence-corrected chi connectivity index (χ2v) is 5.87. The molecule has 1 aliphatic heterocycles. The average Bonchev–Trinajstić information content (AvgIpc) is 3.00. The van der Waals surface area contributed by atoms with Crippen molar-refractivity contribution in [1.82, 2.24) is 0 Å². The monoisotopic (exact) mass is 265 g/mol. The van der Waals surface area contributed by atoms with E-state index in [0.717, 1.165) is 18.6 Å². The smallest absolute Gasteiger partial charge is 0.215 e. The van der Waals surface area contributed by atoms with Crippen molar-refractivity contribution in [2.75, 3.05) is 12.3 Å². The summed E-state index contributed by atoms with van der Waals surface area (Å²) in [5.74, 6) is 1.14. The van der Waals surface area contributed by atoms with Crippen molar-refractivity contribution in [2.24, 2.45) is 4.99 Å². The maximum atomic E-state index is 4.61. The molecule has 0 bridgehead atoms. The first kappa shape index (κ1) is 12.6. The standard InChI is InChI=1S/C16H16BNS/c1-3-7-14(8-4-1)17(13-16-18-11-12-19-16)15-9-5-2-6-10-15/h1-10H,11-13H2. The SMILES string of the molecule is c1ccc(B(CC2=NCCS2)c2ccccc2)cc1. The number of hydrogen-bond donors (Lipinski definition) is 0. The van der Waals surface area contributed by atoms with E-state index in [1.54, 1.807) is 0 Å². The summed E-state index contributed by atoms with van der Waals surface area (Å²) in [5.41, 5.74) is 2.76. The van der Waals surface area contributed by atoms with Gasteiger partial charge in [-0.05, 0) is 6.32 Å². The molecule has 2 aromatic carbocycles. The van der Waals surface area contributed by atoms with Gasteiger partial charge in [0.2, 0.25) is 6.71 Å². The van der Waals surface area contributed by atoms with E-state index in [4.69, 9.17) is 0 Å². The van der Waals surface area contributed by atoms with Gasteiger partial charge in [0, 0.05) is 12.3 Å². The maximum absolute atomic E-state index is 4.61. The first-order valence-corrected chi connectivity index (χ1v) is 7.68. The third-order valence-corrected chi connectivity index (χ3v) is 4.45. The third-order valence-electron chi connectivity index (χ3n) is 3.43. The molecule has 1 nitrogen and oxygen atoms in total. The van der Waals surface area contributed by atoms with Gasteiger partial charge in [-0.1, -0.05) is 71.6 Å². The minimum Gasteiger partial charge on any atom is -0.283 e. The van der Waals surface area contributed by atoms with Crippen molar-refractivity contribution >= 4 is 34.4 Å². The van der Waals surface area contributed by atoms with Gasteiger partial charge in [0.05, 0.1) is 5.04 Å². The van der Waals surface area contributed by atoms with Crippen LogP contribution in [0.3, 0.4) is 0 Å². The molecular weight excluding hydrogens is 249 g/mol. The normalized spacial score (nSPS) is 14.2. The van der Waals surface area contributed by atoms with Gasteiger partial charge in [0.1, 0.15) is 0 Å².